The number of hydrogen-bond donors (Lipinski definition) is 4. The Morgan fingerprint density at radius 3 is 2.84 bits per heavy atom. The maximum atomic E-state index is 15.7. The average Bonchev–Trinajstić information content (AvgIpc) is 3.74. The predicted octanol–water partition coefficient (Wildman–Crippen LogP) is 5.53. The number of nitrogens with zero attached hydrogens (tertiary/aromatic N) is 2. The van der Waals surface area contributed by atoms with Gasteiger partial charge in [0.05, 0.1) is 36.0 Å². The number of aliphatic hydroxyl groups is 1. The molecule has 0 bridgehead atoms. The Morgan fingerprint density at radius 2 is 2.05 bits per heavy atom. The van der Waals surface area contributed by atoms with Gasteiger partial charge in [-0.2, -0.15) is 5.10 Å². The van der Waals surface area contributed by atoms with E-state index in [1.54, 1.807) is 13.0 Å². The molecule has 43 heavy (non-hydrogen) atoms. The summed E-state index contributed by atoms with van der Waals surface area (Å²) in [5, 5.41) is 24.9. The van der Waals surface area contributed by atoms with Crippen LogP contribution in [-0.2, 0) is 16.0 Å². The van der Waals surface area contributed by atoms with E-state index in [0.717, 1.165) is 29.3 Å². The highest BCUT2D eigenvalue weighted by atomic mass is 32.1. The molecule has 2 amide bonds. The number of rotatable bonds is 9. The molecule has 5 aromatic rings. The van der Waals surface area contributed by atoms with Crippen molar-refractivity contribution in [2.24, 2.45) is 0 Å². The van der Waals surface area contributed by atoms with Gasteiger partial charge in [-0.25, -0.2) is 13.8 Å². The van der Waals surface area contributed by atoms with Crippen molar-refractivity contribution in [1.82, 2.24) is 20.5 Å². The highest BCUT2D eigenvalue weighted by molar-refractivity contribution is 7.18. The van der Waals surface area contributed by atoms with Gasteiger partial charge in [-0.3, -0.25) is 14.7 Å². The van der Waals surface area contributed by atoms with Gasteiger partial charge in [0.25, 0.3) is 0 Å². The summed E-state index contributed by atoms with van der Waals surface area (Å²) >= 11 is 1.34. The van der Waals surface area contributed by atoms with Crippen LogP contribution in [0.2, 0.25) is 0 Å². The van der Waals surface area contributed by atoms with Crippen LogP contribution in [0.1, 0.15) is 24.2 Å². The summed E-state index contributed by atoms with van der Waals surface area (Å²) in [6.07, 6.45) is 1.45. The molecule has 1 aliphatic rings. The number of halogens is 2. The third kappa shape index (κ3) is 5.26. The minimum Gasteiger partial charge on any atom is -0.490 e. The summed E-state index contributed by atoms with van der Waals surface area (Å²) < 4.78 is 36.4. The van der Waals surface area contributed by atoms with Gasteiger partial charge in [0, 0.05) is 39.0 Å². The number of nitrogens with one attached hydrogen (secondary N) is 3. The Morgan fingerprint density at radius 1 is 1.21 bits per heavy atom. The van der Waals surface area contributed by atoms with E-state index in [1.807, 2.05) is 29.6 Å². The van der Waals surface area contributed by atoms with Crippen LogP contribution in [0.15, 0.2) is 60.5 Å². The van der Waals surface area contributed by atoms with E-state index in [4.69, 9.17) is 9.72 Å². The smallest absolute Gasteiger partial charge is 0.243 e. The molecule has 4 heterocycles. The summed E-state index contributed by atoms with van der Waals surface area (Å²) in [7, 11) is 0. The minimum absolute atomic E-state index is 0.0323. The highest BCUT2D eigenvalue weighted by Crippen LogP contribution is 2.47. The number of anilines is 1. The second-order valence-corrected chi connectivity index (χ2v) is 10.8. The fourth-order valence-electron chi connectivity index (χ4n) is 5.12. The van der Waals surface area contributed by atoms with Crippen molar-refractivity contribution >= 4 is 38.9 Å². The van der Waals surface area contributed by atoms with Gasteiger partial charge >= 0.3 is 0 Å². The minimum atomic E-state index is -0.874. The van der Waals surface area contributed by atoms with Gasteiger partial charge in [-0.15, -0.1) is 11.3 Å². The third-order valence-corrected chi connectivity index (χ3v) is 8.02. The molecule has 4 N–H and O–H groups in total. The second-order valence-electron chi connectivity index (χ2n) is 9.92. The quantitative estimate of drug-likeness (QED) is 0.165. The molecule has 12 heteroatoms. The first-order valence-corrected chi connectivity index (χ1v) is 14.2. The molecular formula is C31H25F2N5O4S. The number of ether oxygens (including phenoxy) is 1. The van der Waals surface area contributed by atoms with Gasteiger partial charge in [0.15, 0.2) is 0 Å². The molecule has 0 saturated heterocycles. The van der Waals surface area contributed by atoms with Gasteiger partial charge in [-0.05, 0) is 42.1 Å². The summed E-state index contributed by atoms with van der Waals surface area (Å²) in [5.74, 6) is -2.27. The highest BCUT2D eigenvalue weighted by Gasteiger charge is 2.27. The lowest BCUT2D eigenvalue weighted by atomic mass is 9.96. The van der Waals surface area contributed by atoms with Crippen LogP contribution in [0.5, 0.6) is 5.75 Å². The zero-order valence-electron chi connectivity index (χ0n) is 22.8. The summed E-state index contributed by atoms with van der Waals surface area (Å²) in [6.45, 7) is 4.70. The Hall–Kier alpha value is -4.94. The summed E-state index contributed by atoms with van der Waals surface area (Å²) in [4.78, 5) is 28.9. The molecule has 0 aliphatic carbocycles. The van der Waals surface area contributed by atoms with Gasteiger partial charge in [0.2, 0.25) is 11.8 Å². The zero-order valence-corrected chi connectivity index (χ0v) is 23.6. The maximum Gasteiger partial charge on any atom is 0.243 e. The number of aliphatic hydroxyl groups excluding tert-OH is 1. The first kappa shape index (κ1) is 28.2. The van der Waals surface area contributed by atoms with Crippen LogP contribution in [0, 0.1) is 11.6 Å². The molecule has 6 rings (SSSR count). The average molecular weight is 602 g/mol. The largest absolute Gasteiger partial charge is 0.490 e. The van der Waals surface area contributed by atoms with E-state index in [-0.39, 0.29) is 48.5 Å². The number of benzene rings is 2. The van der Waals surface area contributed by atoms with E-state index in [1.165, 1.54) is 11.3 Å². The maximum absolute atomic E-state index is 15.7. The number of aromatic amines is 1. The van der Waals surface area contributed by atoms with E-state index in [9.17, 15) is 19.1 Å². The van der Waals surface area contributed by atoms with Crippen molar-refractivity contribution in [3.8, 4) is 39.5 Å². The van der Waals surface area contributed by atoms with Gasteiger partial charge < -0.3 is 20.5 Å². The summed E-state index contributed by atoms with van der Waals surface area (Å²) in [6, 6.07) is 10.5. The lowest BCUT2D eigenvalue weighted by molar-refractivity contribution is -0.117. The van der Waals surface area contributed by atoms with Crippen molar-refractivity contribution in [1.29, 1.82) is 0 Å². The van der Waals surface area contributed by atoms with E-state index in [0.29, 0.717) is 38.4 Å². The molecule has 3 aromatic heterocycles. The molecule has 9 nitrogen and oxygen atoms in total. The number of fused-ring (bicyclic) bond motifs is 2. The topological polar surface area (TPSA) is 129 Å². The van der Waals surface area contributed by atoms with E-state index >= 15 is 4.39 Å². The number of carbonyl (C=O) groups excluding carboxylic acids is 2. The fourth-order valence-corrected chi connectivity index (χ4v) is 6.06. The Labute approximate surface area is 248 Å². The van der Waals surface area contributed by atoms with Crippen LogP contribution in [-0.4, -0.2) is 45.3 Å². The molecular weight excluding hydrogens is 576 g/mol. The number of hydrogen-bond acceptors (Lipinski definition) is 7. The molecule has 1 unspecified atom stereocenters. The van der Waals surface area contributed by atoms with Crippen LogP contribution in [0.4, 0.5) is 14.5 Å². The lowest BCUT2D eigenvalue weighted by Gasteiger charge is -2.17. The molecule has 218 valence electrons. The SMILES string of the molecule is C=CC(=O)NC(C)c1cc(-c2nc(-c3ccc4c(c3)NC(=O)C4)c3ccsc3c2-c2c(F)cc(F)cc2OCCO)n[nH]1. The number of carbonyl (C=O) groups is 2. The van der Waals surface area contributed by atoms with Crippen LogP contribution in [0.25, 0.3) is 43.9 Å². The first-order valence-electron chi connectivity index (χ1n) is 13.3. The number of H-pyrrole nitrogens is 1. The van der Waals surface area contributed by atoms with Crippen LogP contribution in [0.3, 0.4) is 0 Å². The van der Waals surface area contributed by atoms with Gasteiger partial charge in [0.1, 0.15) is 35.4 Å². The molecule has 0 radical (unpaired) electrons. The van der Waals surface area contributed by atoms with E-state index < -0.39 is 17.7 Å². The Kier molecular flexibility index (Phi) is 7.46. The normalized spacial score (nSPS) is 13.1. The Bertz CT molecular complexity index is 1920. The van der Waals surface area contributed by atoms with Crippen molar-refractivity contribution in [3.63, 3.8) is 0 Å². The molecule has 2 aromatic carbocycles. The number of amides is 2. The zero-order chi connectivity index (χ0) is 30.2. The van der Waals surface area contributed by atoms with Crippen molar-refractivity contribution in [3.05, 3.63) is 83.4 Å². The van der Waals surface area contributed by atoms with Gasteiger partial charge in [-0.1, -0.05) is 18.7 Å². The second kappa shape index (κ2) is 11.4. The number of thiophene rings is 1. The van der Waals surface area contributed by atoms with Crippen LogP contribution < -0.4 is 15.4 Å². The molecule has 0 spiro atoms. The molecule has 1 atom stereocenters. The fraction of sp³-hybridized carbons (Fsp3) is 0.161. The number of aromatic nitrogens is 3. The molecule has 1 aliphatic heterocycles. The standard InChI is InChI=1S/C31H25F2N5O4S/c1-3-25(40)34-15(2)21-14-23(38-37-21)30-28(27-20(33)12-18(32)13-24(27)42-8-7-39)31-19(6-9-43-31)29(36-30)17-5-4-16-11-26(41)35-22(16)10-17/h3-6,9-10,12-15,39H,1,7-8,11H2,2H3,(H,34,40)(H,35,41)(H,37,38). The van der Waals surface area contributed by atoms with Crippen molar-refractivity contribution in [2.75, 3.05) is 18.5 Å². The summed E-state index contributed by atoms with van der Waals surface area (Å²) in [5.41, 5.74) is 4.32. The molecule has 0 fully saturated rings. The van der Waals surface area contributed by atoms with E-state index in [2.05, 4.69) is 27.4 Å². The first-order chi connectivity index (χ1) is 20.8. The number of pyridine rings is 1. The predicted molar refractivity (Wildman–Crippen MR) is 160 cm³/mol. The molecule has 0 saturated carbocycles. The lowest BCUT2D eigenvalue weighted by Crippen LogP contribution is -2.24. The Balaban J connectivity index is 1.61. The van der Waals surface area contributed by atoms with Crippen molar-refractivity contribution in [2.45, 2.75) is 19.4 Å². The monoisotopic (exact) mass is 601 g/mol. The van der Waals surface area contributed by atoms with Crippen LogP contribution >= 0.6 is 11.3 Å². The third-order valence-electron chi connectivity index (χ3n) is 7.08. The van der Waals surface area contributed by atoms with Crippen molar-refractivity contribution < 1.29 is 28.2 Å².